The summed E-state index contributed by atoms with van der Waals surface area (Å²) in [5.74, 6) is -2.08. The number of aliphatic carboxylic acids is 1. The van der Waals surface area contributed by atoms with Crippen molar-refractivity contribution in [2.75, 3.05) is 0 Å². The number of amides is 2. The summed E-state index contributed by atoms with van der Waals surface area (Å²) in [6.45, 7) is 0. The van der Waals surface area contributed by atoms with Gasteiger partial charge in [0.2, 0.25) is 0 Å². The quantitative estimate of drug-likeness (QED) is 0.500. The second-order valence-corrected chi connectivity index (χ2v) is 6.45. The fraction of sp³-hybridized carbons (Fsp3) is 0.0870. The van der Waals surface area contributed by atoms with Crippen molar-refractivity contribution in [2.24, 2.45) is 0 Å². The van der Waals surface area contributed by atoms with Gasteiger partial charge in [-0.15, -0.1) is 0 Å². The molecule has 1 atom stereocenters. The predicted octanol–water partition coefficient (Wildman–Crippen LogP) is 2.86. The molecule has 1 aromatic heterocycles. The highest BCUT2D eigenvalue weighted by Crippen LogP contribution is 2.09. The van der Waals surface area contributed by atoms with Gasteiger partial charge in [0.05, 0.1) is 6.26 Å². The van der Waals surface area contributed by atoms with Gasteiger partial charge in [-0.2, -0.15) is 0 Å². The number of carboxylic acid groups (broad SMARTS) is 1. The average molecular weight is 404 g/mol. The van der Waals surface area contributed by atoms with Gasteiger partial charge in [-0.1, -0.05) is 48.5 Å². The minimum absolute atomic E-state index is 0.0998. The molecule has 0 saturated heterocycles. The predicted molar refractivity (Wildman–Crippen MR) is 110 cm³/mol. The molecule has 0 bridgehead atoms. The SMILES string of the molecule is O=C(N[C@@H](Cc1ccccc1)C(=O)O)/C(=C\c1ccco1)NC(=O)c1ccccc1. The van der Waals surface area contributed by atoms with Gasteiger partial charge in [0, 0.05) is 18.1 Å². The molecule has 152 valence electrons. The van der Waals surface area contributed by atoms with Crippen molar-refractivity contribution in [3.8, 4) is 0 Å². The van der Waals surface area contributed by atoms with Crippen molar-refractivity contribution >= 4 is 23.9 Å². The Morgan fingerprint density at radius 3 is 2.20 bits per heavy atom. The first kappa shape index (κ1) is 20.6. The first-order valence-corrected chi connectivity index (χ1v) is 9.22. The second kappa shape index (κ2) is 9.88. The number of nitrogens with one attached hydrogen (secondary N) is 2. The van der Waals surface area contributed by atoms with E-state index in [4.69, 9.17) is 4.42 Å². The van der Waals surface area contributed by atoms with Crippen LogP contribution in [-0.4, -0.2) is 28.9 Å². The molecule has 2 aromatic carbocycles. The minimum atomic E-state index is -1.18. The maximum atomic E-state index is 12.8. The molecular weight excluding hydrogens is 384 g/mol. The summed E-state index contributed by atoms with van der Waals surface area (Å²) in [4.78, 5) is 37.0. The minimum Gasteiger partial charge on any atom is -0.480 e. The van der Waals surface area contributed by atoms with Crippen LogP contribution in [0.2, 0.25) is 0 Å². The molecule has 0 fully saturated rings. The van der Waals surface area contributed by atoms with E-state index in [9.17, 15) is 19.5 Å². The lowest BCUT2D eigenvalue weighted by Gasteiger charge is -2.16. The van der Waals surface area contributed by atoms with Crippen molar-refractivity contribution in [2.45, 2.75) is 12.5 Å². The Hall–Kier alpha value is -4.13. The Morgan fingerprint density at radius 1 is 0.933 bits per heavy atom. The van der Waals surface area contributed by atoms with E-state index in [2.05, 4.69) is 10.6 Å². The lowest BCUT2D eigenvalue weighted by atomic mass is 10.1. The van der Waals surface area contributed by atoms with Crippen molar-refractivity contribution in [3.63, 3.8) is 0 Å². The molecule has 7 nitrogen and oxygen atoms in total. The molecule has 2 amide bonds. The summed E-state index contributed by atoms with van der Waals surface area (Å²) < 4.78 is 5.23. The highest BCUT2D eigenvalue weighted by molar-refractivity contribution is 6.05. The van der Waals surface area contributed by atoms with Crippen LogP contribution in [0.25, 0.3) is 6.08 Å². The first-order valence-electron chi connectivity index (χ1n) is 9.22. The highest BCUT2D eigenvalue weighted by Gasteiger charge is 2.23. The zero-order chi connectivity index (χ0) is 21.3. The molecule has 0 unspecified atom stereocenters. The summed E-state index contributed by atoms with van der Waals surface area (Å²) in [5.41, 5.74) is 0.989. The number of furan rings is 1. The number of carbonyl (C=O) groups excluding carboxylic acids is 2. The molecule has 0 aliphatic heterocycles. The Balaban J connectivity index is 1.80. The molecule has 30 heavy (non-hydrogen) atoms. The molecule has 7 heteroatoms. The molecule has 0 aliphatic carbocycles. The van der Waals surface area contributed by atoms with E-state index in [0.717, 1.165) is 5.56 Å². The zero-order valence-electron chi connectivity index (χ0n) is 15.9. The average Bonchev–Trinajstić information content (AvgIpc) is 3.27. The Bertz CT molecular complexity index is 1030. The van der Waals surface area contributed by atoms with Crippen LogP contribution in [0.4, 0.5) is 0 Å². The summed E-state index contributed by atoms with van der Waals surface area (Å²) in [6.07, 6.45) is 2.87. The third-order valence-electron chi connectivity index (χ3n) is 4.24. The number of carbonyl (C=O) groups is 3. The van der Waals surface area contributed by atoms with E-state index >= 15 is 0 Å². The van der Waals surface area contributed by atoms with E-state index < -0.39 is 23.8 Å². The number of rotatable bonds is 8. The largest absolute Gasteiger partial charge is 0.480 e. The number of benzene rings is 2. The van der Waals surface area contributed by atoms with Crippen molar-refractivity contribution < 1.29 is 23.9 Å². The first-order chi connectivity index (χ1) is 14.5. The lowest BCUT2D eigenvalue weighted by molar-refractivity contribution is -0.141. The Kier molecular flexibility index (Phi) is 6.78. The van der Waals surface area contributed by atoms with Crippen LogP contribution in [-0.2, 0) is 16.0 Å². The molecule has 1 heterocycles. The lowest BCUT2D eigenvalue weighted by Crippen LogP contribution is -2.45. The topological polar surface area (TPSA) is 109 Å². The Labute approximate surface area is 173 Å². The van der Waals surface area contributed by atoms with Crippen LogP contribution in [0, 0.1) is 0 Å². The van der Waals surface area contributed by atoms with Gasteiger partial charge in [0.25, 0.3) is 11.8 Å². The van der Waals surface area contributed by atoms with Crippen LogP contribution in [0.15, 0.2) is 89.2 Å². The van der Waals surface area contributed by atoms with E-state index in [0.29, 0.717) is 11.3 Å². The maximum absolute atomic E-state index is 12.8. The van der Waals surface area contributed by atoms with Crippen LogP contribution < -0.4 is 10.6 Å². The molecule has 3 aromatic rings. The highest BCUT2D eigenvalue weighted by atomic mass is 16.4. The molecular formula is C23H20N2O5. The van der Waals surface area contributed by atoms with Gasteiger partial charge in [-0.3, -0.25) is 9.59 Å². The summed E-state index contributed by atoms with van der Waals surface area (Å²) >= 11 is 0. The molecule has 0 saturated carbocycles. The van der Waals surface area contributed by atoms with Gasteiger partial charge in [-0.05, 0) is 29.8 Å². The van der Waals surface area contributed by atoms with Gasteiger partial charge < -0.3 is 20.2 Å². The zero-order valence-corrected chi connectivity index (χ0v) is 15.9. The van der Waals surface area contributed by atoms with Gasteiger partial charge in [-0.25, -0.2) is 4.79 Å². The fourth-order valence-electron chi connectivity index (χ4n) is 2.74. The molecule has 0 radical (unpaired) electrons. The molecule has 3 N–H and O–H groups in total. The van der Waals surface area contributed by atoms with Crippen LogP contribution >= 0.6 is 0 Å². The number of hydrogen-bond acceptors (Lipinski definition) is 4. The van der Waals surface area contributed by atoms with E-state index in [1.165, 1.54) is 12.3 Å². The molecule has 0 aliphatic rings. The fourth-order valence-corrected chi connectivity index (χ4v) is 2.74. The third-order valence-corrected chi connectivity index (χ3v) is 4.24. The monoisotopic (exact) mass is 404 g/mol. The molecule has 0 spiro atoms. The number of carboxylic acids is 1. The van der Waals surface area contributed by atoms with Crippen molar-refractivity contribution in [1.29, 1.82) is 0 Å². The summed E-state index contributed by atoms with van der Waals surface area (Å²) in [7, 11) is 0. The standard InChI is InChI=1S/C23H20N2O5/c26-21(17-10-5-2-6-11-17)24-19(15-18-12-7-13-30-18)22(27)25-20(23(28)29)14-16-8-3-1-4-9-16/h1-13,15,20H,14H2,(H,24,26)(H,25,27)(H,28,29)/b19-15+/t20-/m0/s1. The van der Waals surface area contributed by atoms with Gasteiger partial charge in [0.15, 0.2) is 0 Å². The Morgan fingerprint density at radius 2 is 1.60 bits per heavy atom. The third kappa shape index (κ3) is 5.68. The van der Waals surface area contributed by atoms with Gasteiger partial charge in [0.1, 0.15) is 17.5 Å². The van der Waals surface area contributed by atoms with Crippen LogP contribution in [0.5, 0.6) is 0 Å². The van der Waals surface area contributed by atoms with Crippen molar-refractivity contribution in [3.05, 3.63) is 102 Å². The normalized spacial score (nSPS) is 12.1. The molecule has 3 rings (SSSR count). The van der Waals surface area contributed by atoms with E-state index in [1.54, 1.807) is 66.7 Å². The van der Waals surface area contributed by atoms with Crippen LogP contribution in [0.3, 0.4) is 0 Å². The second-order valence-electron chi connectivity index (χ2n) is 6.45. The van der Waals surface area contributed by atoms with E-state index in [-0.39, 0.29) is 12.1 Å². The van der Waals surface area contributed by atoms with E-state index in [1.807, 2.05) is 6.07 Å². The van der Waals surface area contributed by atoms with Crippen molar-refractivity contribution in [1.82, 2.24) is 10.6 Å². The smallest absolute Gasteiger partial charge is 0.326 e. The summed E-state index contributed by atoms with van der Waals surface area (Å²) in [5, 5.41) is 14.5. The maximum Gasteiger partial charge on any atom is 0.326 e. The van der Waals surface area contributed by atoms with Crippen LogP contribution in [0.1, 0.15) is 21.7 Å². The summed E-state index contributed by atoms with van der Waals surface area (Å²) in [6, 6.07) is 19.4. The number of hydrogen-bond donors (Lipinski definition) is 3. The van der Waals surface area contributed by atoms with Gasteiger partial charge >= 0.3 is 5.97 Å².